The molecule has 0 aliphatic heterocycles. The number of H-pyrrole nitrogens is 1. The molecule has 4 nitrogen and oxygen atoms in total. The Labute approximate surface area is 145 Å². The average Bonchev–Trinajstić information content (AvgIpc) is 2.85. The summed E-state index contributed by atoms with van der Waals surface area (Å²) in [7, 11) is 0. The fourth-order valence-electron chi connectivity index (χ4n) is 2.51. The summed E-state index contributed by atoms with van der Waals surface area (Å²) in [6.07, 6.45) is -0.532. The molecule has 0 amide bonds. The first-order valence-corrected chi connectivity index (χ1v) is 7.62. The summed E-state index contributed by atoms with van der Waals surface area (Å²) in [6.45, 7) is 0. The largest absolute Gasteiger partial charge is 0.550 e. The predicted molar refractivity (Wildman–Crippen MR) is 86.9 cm³/mol. The molecule has 0 radical (unpaired) electrons. The standard InChI is InChI=1S/C17H10Cl2FNO3/c18-9-3-1-8(2-4-9)17(24)16-11(6-15(22)23)10-5-13(20)12(19)7-14(10)21-16/h1-5,7,21H,6H2,(H,22,23)/p-1. The number of rotatable bonds is 4. The van der Waals surface area contributed by atoms with Gasteiger partial charge in [-0.2, -0.15) is 0 Å². The van der Waals surface area contributed by atoms with Gasteiger partial charge in [-0.05, 0) is 42.0 Å². The zero-order chi connectivity index (χ0) is 17.4. The Bertz CT molecular complexity index is 964. The van der Waals surface area contributed by atoms with Crippen molar-refractivity contribution in [3.8, 4) is 0 Å². The first-order valence-electron chi connectivity index (χ1n) is 6.86. The van der Waals surface area contributed by atoms with E-state index in [-0.39, 0.29) is 21.7 Å². The Balaban J connectivity index is 2.20. The van der Waals surface area contributed by atoms with Crippen molar-refractivity contribution in [3.05, 3.63) is 69.1 Å². The number of halogens is 3. The molecule has 122 valence electrons. The first-order chi connectivity index (χ1) is 11.4. The molecule has 0 aliphatic rings. The van der Waals surface area contributed by atoms with Gasteiger partial charge >= 0.3 is 0 Å². The molecule has 2 aromatic carbocycles. The van der Waals surface area contributed by atoms with Crippen molar-refractivity contribution in [2.75, 3.05) is 0 Å². The summed E-state index contributed by atoms with van der Waals surface area (Å²) in [5.41, 5.74) is 0.894. The van der Waals surface area contributed by atoms with Crippen molar-refractivity contribution in [1.29, 1.82) is 0 Å². The molecular formula is C17H9Cl2FNO3-. The Kier molecular flexibility index (Phi) is 4.30. The highest BCUT2D eigenvalue weighted by Crippen LogP contribution is 2.29. The maximum absolute atomic E-state index is 13.7. The van der Waals surface area contributed by atoms with Gasteiger partial charge in [0.15, 0.2) is 0 Å². The molecule has 0 aliphatic carbocycles. The number of carbonyl (C=O) groups excluding carboxylic acids is 2. The lowest BCUT2D eigenvalue weighted by Gasteiger charge is -2.06. The van der Waals surface area contributed by atoms with Crippen LogP contribution in [-0.2, 0) is 11.2 Å². The van der Waals surface area contributed by atoms with Gasteiger partial charge in [0.25, 0.3) is 0 Å². The van der Waals surface area contributed by atoms with E-state index in [4.69, 9.17) is 23.2 Å². The second-order valence-corrected chi connectivity index (χ2v) is 6.02. The number of hydrogen-bond donors (Lipinski definition) is 1. The number of aliphatic carboxylic acids is 1. The van der Waals surface area contributed by atoms with Gasteiger partial charge in [0, 0.05) is 33.9 Å². The van der Waals surface area contributed by atoms with Crippen molar-refractivity contribution in [1.82, 2.24) is 4.98 Å². The van der Waals surface area contributed by atoms with Crippen LogP contribution in [0.15, 0.2) is 36.4 Å². The molecule has 0 atom stereocenters. The lowest BCUT2D eigenvalue weighted by atomic mass is 10.0. The third kappa shape index (κ3) is 3.00. The van der Waals surface area contributed by atoms with Crippen molar-refractivity contribution < 1.29 is 19.1 Å². The Morgan fingerprint density at radius 1 is 1.12 bits per heavy atom. The monoisotopic (exact) mass is 364 g/mol. The summed E-state index contributed by atoms with van der Waals surface area (Å²) < 4.78 is 13.7. The molecule has 1 aromatic heterocycles. The highest BCUT2D eigenvalue weighted by molar-refractivity contribution is 6.31. The highest BCUT2D eigenvalue weighted by atomic mass is 35.5. The van der Waals surface area contributed by atoms with Gasteiger partial charge in [-0.15, -0.1) is 0 Å². The zero-order valence-electron chi connectivity index (χ0n) is 12.0. The molecule has 1 heterocycles. The number of fused-ring (bicyclic) bond motifs is 1. The average molecular weight is 365 g/mol. The van der Waals surface area contributed by atoms with Crippen LogP contribution in [0.4, 0.5) is 4.39 Å². The second-order valence-electron chi connectivity index (χ2n) is 5.18. The van der Waals surface area contributed by atoms with Crippen LogP contribution < -0.4 is 5.11 Å². The molecule has 0 fully saturated rings. The minimum Gasteiger partial charge on any atom is -0.550 e. The third-order valence-corrected chi connectivity index (χ3v) is 4.14. The van der Waals surface area contributed by atoms with Gasteiger partial charge in [0.1, 0.15) is 5.82 Å². The number of nitrogens with one attached hydrogen (secondary N) is 1. The SMILES string of the molecule is O=C([O-])Cc1c(C(=O)c2ccc(Cl)cc2)[nH]c2cc(Cl)c(F)cc12. The van der Waals surface area contributed by atoms with Crippen molar-refractivity contribution in [2.45, 2.75) is 6.42 Å². The molecule has 1 N–H and O–H groups in total. The van der Waals surface area contributed by atoms with E-state index >= 15 is 0 Å². The van der Waals surface area contributed by atoms with E-state index in [0.717, 1.165) is 6.07 Å². The van der Waals surface area contributed by atoms with E-state index in [1.165, 1.54) is 18.2 Å². The number of carboxylic acids is 1. The number of carboxylic acid groups (broad SMARTS) is 1. The summed E-state index contributed by atoms with van der Waals surface area (Å²) in [4.78, 5) is 26.6. The van der Waals surface area contributed by atoms with Crippen LogP contribution in [0.3, 0.4) is 0 Å². The fraction of sp³-hybridized carbons (Fsp3) is 0.0588. The van der Waals surface area contributed by atoms with Crippen LogP contribution in [-0.4, -0.2) is 16.7 Å². The summed E-state index contributed by atoms with van der Waals surface area (Å²) in [5.74, 6) is -2.51. The van der Waals surface area contributed by atoms with E-state index in [0.29, 0.717) is 16.1 Å². The lowest BCUT2D eigenvalue weighted by molar-refractivity contribution is -0.304. The predicted octanol–water partition coefficient (Wildman–Crippen LogP) is 3.14. The van der Waals surface area contributed by atoms with Gasteiger partial charge in [0.05, 0.1) is 10.7 Å². The van der Waals surface area contributed by atoms with E-state index in [2.05, 4.69) is 4.98 Å². The molecule has 0 saturated carbocycles. The second kappa shape index (κ2) is 6.26. The molecule has 3 rings (SSSR count). The molecule has 0 saturated heterocycles. The van der Waals surface area contributed by atoms with Crippen LogP contribution in [0, 0.1) is 5.82 Å². The molecule has 0 unspecified atom stereocenters. The van der Waals surface area contributed by atoms with E-state index in [1.54, 1.807) is 12.1 Å². The smallest absolute Gasteiger partial charge is 0.209 e. The number of carbonyl (C=O) groups is 2. The van der Waals surface area contributed by atoms with Crippen molar-refractivity contribution >= 4 is 45.9 Å². The lowest BCUT2D eigenvalue weighted by Crippen LogP contribution is -2.25. The van der Waals surface area contributed by atoms with Crippen molar-refractivity contribution in [2.24, 2.45) is 0 Å². The number of ketones is 1. The number of aromatic amines is 1. The molecular weight excluding hydrogens is 356 g/mol. The van der Waals surface area contributed by atoms with Gasteiger partial charge < -0.3 is 14.9 Å². The van der Waals surface area contributed by atoms with Gasteiger partial charge in [-0.25, -0.2) is 4.39 Å². The van der Waals surface area contributed by atoms with Crippen LogP contribution >= 0.6 is 23.2 Å². The van der Waals surface area contributed by atoms with E-state index in [1.807, 2.05) is 0 Å². The van der Waals surface area contributed by atoms with Crippen LogP contribution in [0.25, 0.3) is 10.9 Å². The third-order valence-electron chi connectivity index (χ3n) is 3.60. The molecule has 3 aromatic rings. The van der Waals surface area contributed by atoms with Gasteiger partial charge in [0.2, 0.25) is 5.78 Å². The molecule has 0 spiro atoms. The van der Waals surface area contributed by atoms with E-state index < -0.39 is 24.0 Å². The number of benzene rings is 2. The molecule has 7 heteroatoms. The van der Waals surface area contributed by atoms with Crippen LogP contribution in [0.5, 0.6) is 0 Å². The molecule has 24 heavy (non-hydrogen) atoms. The zero-order valence-corrected chi connectivity index (χ0v) is 13.5. The Hall–Kier alpha value is -2.37. The Morgan fingerprint density at radius 2 is 1.79 bits per heavy atom. The van der Waals surface area contributed by atoms with Crippen LogP contribution in [0.2, 0.25) is 10.0 Å². The number of hydrogen-bond acceptors (Lipinski definition) is 3. The van der Waals surface area contributed by atoms with Gasteiger partial charge in [-0.1, -0.05) is 23.2 Å². The van der Waals surface area contributed by atoms with Crippen LogP contribution in [0.1, 0.15) is 21.6 Å². The molecule has 0 bridgehead atoms. The summed E-state index contributed by atoms with van der Waals surface area (Å²) in [6, 6.07) is 8.55. The fourth-order valence-corrected chi connectivity index (χ4v) is 2.80. The summed E-state index contributed by atoms with van der Waals surface area (Å²) in [5, 5.41) is 11.7. The maximum Gasteiger partial charge on any atom is 0.209 e. The maximum atomic E-state index is 13.7. The van der Waals surface area contributed by atoms with Gasteiger partial charge in [-0.3, -0.25) is 4.79 Å². The Morgan fingerprint density at radius 3 is 2.42 bits per heavy atom. The number of aromatic nitrogens is 1. The normalized spacial score (nSPS) is 11.0. The minimum absolute atomic E-state index is 0.0539. The summed E-state index contributed by atoms with van der Waals surface area (Å²) >= 11 is 11.5. The highest BCUT2D eigenvalue weighted by Gasteiger charge is 2.20. The first kappa shape index (κ1) is 16.5. The van der Waals surface area contributed by atoms with Crippen molar-refractivity contribution in [3.63, 3.8) is 0 Å². The topological polar surface area (TPSA) is 73.0 Å². The minimum atomic E-state index is -1.38. The quantitative estimate of drug-likeness (QED) is 0.722. The van der Waals surface area contributed by atoms with E-state index in [9.17, 15) is 19.1 Å².